The molecule has 0 spiro atoms. The van der Waals surface area contributed by atoms with Crippen LogP contribution in [0, 0.1) is 0 Å². The minimum Gasteiger partial charge on any atom is -0.325 e. The standard InChI is InChI=1S/C6H11F2N/c7-4-1-2-6(9)5(8)3-4/h4-6H,1-3,9H2/t4-,5-,6+/m1/s1. The van der Waals surface area contributed by atoms with E-state index in [1.807, 2.05) is 0 Å². The van der Waals surface area contributed by atoms with Gasteiger partial charge in [-0.1, -0.05) is 0 Å². The van der Waals surface area contributed by atoms with Gasteiger partial charge in [0, 0.05) is 12.5 Å². The van der Waals surface area contributed by atoms with Crippen LogP contribution >= 0.6 is 0 Å². The first-order valence-corrected chi connectivity index (χ1v) is 3.24. The molecule has 0 saturated heterocycles. The summed E-state index contributed by atoms with van der Waals surface area (Å²) in [7, 11) is 0. The predicted molar refractivity (Wildman–Crippen MR) is 31.6 cm³/mol. The Morgan fingerprint density at radius 2 is 1.89 bits per heavy atom. The zero-order chi connectivity index (χ0) is 6.85. The molecule has 1 aliphatic carbocycles. The van der Waals surface area contributed by atoms with Crippen LogP contribution < -0.4 is 5.73 Å². The van der Waals surface area contributed by atoms with E-state index < -0.39 is 18.4 Å². The molecule has 0 amide bonds. The second-order valence-corrected chi connectivity index (χ2v) is 2.59. The van der Waals surface area contributed by atoms with E-state index in [-0.39, 0.29) is 6.42 Å². The molecular formula is C6H11F2N. The lowest BCUT2D eigenvalue weighted by atomic mass is 9.93. The minimum atomic E-state index is -1.12. The highest BCUT2D eigenvalue weighted by molar-refractivity contribution is 4.81. The lowest BCUT2D eigenvalue weighted by Crippen LogP contribution is -2.38. The summed E-state index contributed by atoms with van der Waals surface area (Å²) in [6, 6.07) is -0.419. The van der Waals surface area contributed by atoms with E-state index in [0.29, 0.717) is 12.8 Å². The van der Waals surface area contributed by atoms with E-state index in [4.69, 9.17) is 5.73 Å². The Kier molecular flexibility index (Phi) is 2.01. The molecule has 0 aromatic heterocycles. The highest BCUT2D eigenvalue weighted by atomic mass is 19.1. The lowest BCUT2D eigenvalue weighted by Gasteiger charge is -2.24. The molecule has 1 fully saturated rings. The quantitative estimate of drug-likeness (QED) is 0.530. The van der Waals surface area contributed by atoms with Crippen molar-refractivity contribution in [2.75, 3.05) is 0 Å². The molecule has 3 heteroatoms. The van der Waals surface area contributed by atoms with E-state index in [2.05, 4.69) is 0 Å². The Labute approximate surface area is 53.2 Å². The van der Waals surface area contributed by atoms with Crippen molar-refractivity contribution in [3.05, 3.63) is 0 Å². The van der Waals surface area contributed by atoms with Crippen molar-refractivity contribution in [2.45, 2.75) is 37.6 Å². The van der Waals surface area contributed by atoms with Gasteiger partial charge in [-0.25, -0.2) is 8.78 Å². The molecule has 1 rings (SSSR count). The van der Waals surface area contributed by atoms with Gasteiger partial charge in [-0.05, 0) is 12.8 Å². The van der Waals surface area contributed by atoms with Gasteiger partial charge in [-0.3, -0.25) is 0 Å². The number of halogens is 2. The van der Waals surface area contributed by atoms with Gasteiger partial charge in [-0.15, -0.1) is 0 Å². The van der Waals surface area contributed by atoms with Gasteiger partial charge in [0.05, 0.1) is 0 Å². The Hall–Kier alpha value is -0.180. The van der Waals surface area contributed by atoms with Crippen molar-refractivity contribution in [1.82, 2.24) is 0 Å². The van der Waals surface area contributed by atoms with Crippen molar-refractivity contribution in [2.24, 2.45) is 5.73 Å². The number of hydrogen-bond acceptors (Lipinski definition) is 1. The summed E-state index contributed by atoms with van der Waals surface area (Å²) in [6.45, 7) is 0. The Morgan fingerprint density at radius 3 is 2.33 bits per heavy atom. The third kappa shape index (κ3) is 1.61. The topological polar surface area (TPSA) is 26.0 Å². The second kappa shape index (κ2) is 2.60. The summed E-state index contributed by atoms with van der Waals surface area (Å²) in [4.78, 5) is 0. The number of rotatable bonds is 0. The molecule has 0 aromatic carbocycles. The monoisotopic (exact) mass is 135 g/mol. The normalized spacial score (nSPS) is 45.0. The fourth-order valence-corrected chi connectivity index (χ4v) is 1.09. The molecule has 1 saturated carbocycles. The summed E-state index contributed by atoms with van der Waals surface area (Å²) in [5, 5.41) is 0. The number of nitrogens with two attached hydrogens (primary N) is 1. The predicted octanol–water partition coefficient (Wildman–Crippen LogP) is 1.17. The molecular weight excluding hydrogens is 124 g/mol. The number of alkyl halides is 2. The van der Waals surface area contributed by atoms with Crippen molar-refractivity contribution in [3.8, 4) is 0 Å². The third-order valence-corrected chi connectivity index (χ3v) is 1.76. The van der Waals surface area contributed by atoms with Crippen molar-refractivity contribution < 1.29 is 8.78 Å². The number of hydrogen-bond donors (Lipinski definition) is 1. The Balaban J connectivity index is 2.35. The summed E-state index contributed by atoms with van der Waals surface area (Å²) in [5.74, 6) is 0. The van der Waals surface area contributed by atoms with E-state index in [0.717, 1.165) is 0 Å². The van der Waals surface area contributed by atoms with Gasteiger partial charge >= 0.3 is 0 Å². The zero-order valence-electron chi connectivity index (χ0n) is 5.19. The average molecular weight is 135 g/mol. The molecule has 0 aromatic rings. The maximum Gasteiger partial charge on any atom is 0.118 e. The van der Waals surface area contributed by atoms with Crippen molar-refractivity contribution >= 4 is 0 Å². The van der Waals surface area contributed by atoms with Gasteiger partial charge < -0.3 is 5.73 Å². The maximum atomic E-state index is 12.5. The van der Waals surface area contributed by atoms with Crippen LogP contribution in [0.4, 0.5) is 8.78 Å². The van der Waals surface area contributed by atoms with Crippen molar-refractivity contribution in [1.29, 1.82) is 0 Å². The summed E-state index contributed by atoms with van der Waals surface area (Å²) in [5.41, 5.74) is 5.30. The Bertz CT molecular complexity index is 97.1. The summed E-state index contributed by atoms with van der Waals surface area (Å²) in [6.07, 6.45) is -1.15. The second-order valence-electron chi connectivity index (χ2n) is 2.59. The first-order valence-electron chi connectivity index (χ1n) is 3.24. The SMILES string of the molecule is N[C@H]1CC[C@@H](F)C[C@H]1F. The van der Waals surface area contributed by atoms with Gasteiger partial charge in [0.15, 0.2) is 0 Å². The molecule has 0 aliphatic heterocycles. The molecule has 2 N–H and O–H groups in total. The van der Waals surface area contributed by atoms with Crippen LogP contribution in [-0.4, -0.2) is 18.4 Å². The highest BCUT2D eigenvalue weighted by Crippen LogP contribution is 2.22. The van der Waals surface area contributed by atoms with Crippen LogP contribution in [0.1, 0.15) is 19.3 Å². The smallest absolute Gasteiger partial charge is 0.118 e. The molecule has 1 nitrogen and oxygen atoms in total. The maximum absolute atomic E-state index is 12.5. The first-order chi connectivity index (χ1) is 4.20. The first kappa shape index (κ1) is 6.93. The average Bonchev–Trinajstić information content (AvgIpc) is 1.80. The van der Waals surface area contributed by atoms with E-state index in [1.165, 1.54) is 0 Å². The molecule has 0 bridgehead atoms. The largest absolute Gasteiger partial charge is 0.325 e. The van der Waals surface area contributed by atoms with Crippen LogP contribution in [-0.2, 0) is 0 Å². The fourth-order valence-electron chi connectivity index (χ4n) is 1.09. The van der Waals surface area contributed by atoms with E-state index in [9.17, 15) is 8.78 Å². The third-order valence-electron chi connectivity index (χ3n) is 1.76. The van der Waals surface area contributed by atoms with Gasteiger partial charge in [-0.2, -0.15) is 0 Å². The van der Waals surface area contributed by atoms with Crippen LogP contribution in [0.25, 0.3) is 0 Å². The summed E-state index contributed by atoms with van der Waals surface area (Å²) >= 11 is 0. The summed E-state index contributed by atoms with van der Waals surface area (Å²) < 4.78 is 24.8. The van der Waals surface area contributed by atoms with E-state index >= 15 is 0 Å². The van der Waals surface area contributed by atoms with Crippen LogP contribution in [0.3, 0.4) is 0 Å². The highest BCUT2D eigenvalue weighted by Gasteiger charge is 2.27. The Morgan fingerprint density at radius 1 is 1.22 bits per heavy atom. The van der Waals surface area contributed by atoms with Crippen LogP contribution in [0.5, 0.6) is 0 Å². The van der Waals surface area contributed by atoms with Crippen molar-refractivity contribution in [3.63, 3.8) is 0 Å². The molecule has 0 unspecified atom stereocenters. The van der Waals surface area contributed by atoms with Gasteiger partial charge in [0.25, 0.3) is 0 Å². The molecule has 0 heterocycles. The molecule has 54 valence electrons. The lowest BCUT2D eigenvalue weighted by molar-refractivity contribution is 0.138. The molecule has 9 heavy (non-hydrogen) atoms. The van der Waals surface area contributed by atoms with Crippen LogP contribution in [0.15, 0.2) is 0 Å². The zero-order valence-corrected chi connectivity index (χ0v) is 5.19. The van der Waals surface area contributed by atoms with Crippen LogP contribution in [0.2, 0.25) is 0 Å². The van der Waals surface area contributed by atoms with Gasteiger partial charge in [0.1, 0.15) is 12.3 Å². The molecule has 3 atom stereocenters. The molecule has 1 aliphatic rings. The van der Waals surface area contributed by atoms with E-state index in [1.54, 1.807) is 0 Å². The molecule has 0 radical (unpaired) electrons. The van der Waals surface area contributed by atoms with Gasteiger partial charge in [0.2, 0.25) is 0 Å². The minimum absolute atomic E-state index is 0.00116. The fraction of sp³-hybridized carbons (Fsp3) is 1.00.